The SMILES string of the molecule is Nc1ccc(Cc2nnc(N3CCN(c4ccc(N)cn4)CC3)c3ccccc23)cc1. The Balaban J connectivity index is 1.38. The van der Waals surface area contributed by atoms with Crippen LogP contribution >= 0.6 is 0 Å². The highest BCUT2D eigenvalue weighted by molar-refractivity contribution is 5.93. The quantitative estimate of drug-likeness (QED) is 0.498. The van der Waals surface area contributed by atoms with E-state index in [0.29, 0.717) is 5.69 Å². The average Bonchev–Trinajstić information content (AvgIpc) is 2.81. The third-order valence-electron chi connectivity index (χ3n) is 5.77. The molecular formula is C24H25N7. The van der Waals surface area contributed by atoms with Gasteiger partial charge in [-0.25, -0.2) is 4.98 Å². The predicted molar refractivity (Wildman–Crippen MR) is 126 cm³/mol. The first-order valence-electron chi connectivity index (χ1n) is 10.5. The summed E-state index contributed by atoms with van der Waals surface area (Å²) in [6, 6.07) is 20.2. The van der Waals surface area contributed by atoms with Gasteiger partial charge in [-0.15, -0.1) is 5.10 Å². The molecule has 3 heterocycles. The number of anilines is 4. The molecule has 2 aromatic heterocycles. The molecule has 0 aliphatic carbocycles. The molecule has 4 N–H and O–H groups in total. The van der Waals surface area contributed by atoms with E-state index in [1.165, 1.54) is 5.56 Å². The zero-order chi connectivity index (χ0) is 21.2. The van der Waals surface area contributed by atoms with E-state index in [-0.39, 0.29) is 0 Å². The van der Waals surface area contributed by atoms with Gasteiger partial charge in [0.05, 0.1) is 17.6 Å². The molecule has 1 aliphatic rings. The lowest BCUT2D eigenvalue weighted by Crippen LogP contribution is -2.47. The number of nitrogen functional groups attached to an aromatic ring is 2. The Bertz CT molecular complexity index is 1180. The van der Waals surface area contributed by atoms with Crippen LogP contribution in [0.5, 0.6) is 0 Å². The van der Waals surface area contributed by atoms with Crippen LogP contribution in [0.25, 0.3) is 10.8 Å². The van der Waals surface area contributed by atoms with E-state index in [1.807, 2.05) is 36.4 Å². The number of piperazine rings is 1. The number of nitrogens with zero attached hydrogens (tertiary/aromatic N) is 5. The maximum atomic E-state index is 5.82. The van der Waals surface area contributed by atoms with Gasteiger partial charge < -0.3 is 21.3 Å². The van der Waals surface area contributed by atoms with Crippen molar-refractivity contribution in [3.8, 4) is 0 Å². The molecule has 0 saturated carbocycles. The number of hydrogen-bond acceptors (Lipinski definition) is 7. The molecule has 0 amide bonds. The Morgan fingerprint density at radius 2 is 1.39 bits per heavy atom. The lowest BCUT2D eigenvalue weighted by Gasteiger charge is -2.36. The van der Waals surface area contributed by atoms with Gasteiger partial charge in [-0.2, -0.15) is 5.10 Å². The van der Waals surface area contributed by atoms with Gasteiger partial charge in [0, 0.05) is 49.1 Å². The minimum absolute atomic E-state index is 0.684. The van der Waals surface area contributed by atoms with Crippen molar-refractivity contribution in [2.75, 3.05) is 47.4 Å². The van der Waals surface area contributed by atoms with Gasteiger partial charge in [0.15, 0.2) is 5.82 Å². The van der Waals surface area contributed by atoms with Crippen molar-refractivity contribution in [3.63, 3.8) is 0 Å². The summed E-state index contributed by atoms with van der Waals surface area (Å²) >= 11 is 0. The summed E-state index contributed by atoms with van der Waals surface area (Å²) in [5, 5.41) is 11.6. The van der Waals surface area contributed by atoms with Crippen molar-refractivity contribution in [2.24, 2.45) is 0 Å². The van der Waals surface area contributed by atoms with Gasteiger partial charge in [0.2, 0.25) is 0 Å². The molecule has 0 unspecified atom stereocenters. The predicted octanol–water partition coefficient (Wildman–Crippen LogP) is 3.11. The number of nitrogens with two attached hydrogens (primary N) is 2. The highest BCUT2D eigenvalue weighted by Gasteiger charge is 2.22. The first-order chi connectivity index (χ1) is 15.2. The van der Waals surface area contributed by atoms with Gasteiger partial charge >= 0.3 is 0 Å². The first kappa shape index (κ1) is 19.1. The number of aromatic nitrogens is 3. The Hall–Kier alpha value is -3.87. The van der Waals surface area contributed by atoms with Crippen LogP contribution in [0.3, 0.4) is 0 Å². The zero-order valence-corrected chi connectivity index (χ0v) is 17.3. The summed E-state index contributed by atoms with van der Waals surface area (Å²) in [5.41, 5.74) is 15.2. The van der Waals surface area contributed by atoms with E-state index >= 15 is 0 Å². The maximum absolute atomic E-state index is 5.82. The number of pyridine rings is 1. The normalized spacial score (nSPS) is 14.2. The molecule has 0 radical (unpaired) electrons. The Labute approximate surface area is 181 Å². The average molecular weight is 412 g/mol. The Morgan fingerprint density at radius 3 is 2.10 bits per heavy atom. The van der Waals surface area contributed by atoms with Crippen molar-refractivity contribution < 1.29 is 0 Å². The second kappa shape index (κ2) is 8.10. The lowest BCUT2D eigenvalue weighted by atomic mass is 10.0. The molecule has 5 rings (SSSR count). The van der Waals surface area contributed by atoms with Gasteiger partial charge in [0.25, 0.3) is 0 Å². The Morgan fingerprint density at radius 1 is 0.710 bits per heavy atom. The second-order valence-electron chi connectivity index (χ2n) is 7.86. The maximum Gasteiger partial charge on any atom is 0.159 e. The monoisotopic (exact) mass is 411 g/mol. The molecule has 156 valence electrons. The molecule has 1 aliphatic heterocycles. The molecule has 2 aromatic carbocycles. The van der Waals surface area contributed by atoms with Crippen molar-refractivity contribution in [2.45, 2.75) is 6.42 Å². The summed E-state index contributed by atoms with van der Waals surface area (Å²) in [6.07, 6.45) is 2.44. The Kier molecular flexibility index (Phi) is 5.00. The fourth-order valence-electron chi connectivity index (χ4n) is 4.07. The summed E-state index contributed by atoms with van der Waals surface area (Å²) < 4.78 is 0. The van der Waals surface area contributed by atoms with Crippen LogP contribution < -0.4 is 21.3 Å². The van der Waals surface area contributed by atoms with E-state index in [0.717, 1.165) is 66.4 Å². The lowest BCUT2D eigenvalue weighted by molar-refractivity contribution is 0.639. The molecular weight excluding hydrogens is 386 g/mol. The molecule has 0 bridgehead atoms. The summed E-state index contributed by atoms with van der Waals surface area (Å²) in [4.78, 5) is 9.05. The smallest absolute Gasteiger partial charge is 0.159 e. The third-order valence-corrected chi connectivity index (χ3v) is 5.77. The van der Waals surface area contributed by atoms with E-state index in [2.05, 4.69) is 49.2 Å². The van der Waals surface area contributed by atoms with E-state index in [9.17, 15) is 0 Å². The molecule has 1 saturated heterocycles. The van der Waals surface area contributed by atoms with Crippen LogP contribution in [-0.2, 0) is 6.42 Å². The molecule has 31 heavy (non-hydrogen) atoms. The zero-order valence-electron chi connectivity index (χ0n) is 17.3. The van der Waals surface area contributed by atoms with Crippen molar-refractivity contribution >= 4 is 33.8 Å². The third kappa shape index (κ3) is 3.94. The number of hydrogen-bond donors (Lipinski definition) is 2. The van der Waals surface area contributed by atoms with Crippen LogP contribution in [0.1, 0.15) is 11.3 Å². The van der Waals surface area contributed by atoms with Crippen molar-refractivity contribution in [1.82, 2.24) is 15.2 Å². The van der Waals surface area contributed by atoms with E-state index < -0.39 is 0 Å². The van der Waals surface area contributed by atoms with Gasteiger partial charge in [-0.3, -0.25) is 0 Å². The summed E-state index contributed by atoms with van der Waals surface area (Å²) in [6.45, 7) is 3.48. The minimum atomic E-state index is 0.684. The molecule has 7 nitrogen and oxygen atoms in total. The van der Waals surface area contributed by atoms with Crippen LogP contribution in [0, 0.1) is 0 Å². The number of benzene rings is 2. The standard InChI is InChI=1S/C24H25N7/c25-18-7-5-17(6-8-18)15-22-20-3-1-2-4-21(20)24(29-28-22)31-13-11-30(12-14-31)23-10-9-19(26)16-27-23/h1-10,16H,11-15,25-26H2. The van der Waals surface area contributed by atoms with Gasteiger partial charge in [-0.1, -0.05) is 36.4 Å². The minimum Gasteiger partial charge on any atom is -0.399 e. The topological polar surface area (TPSA) is 97.2 Å². The van der Waals surface area contributed by atoms with Gasteiger partial charge in [-0.05, 0) is 29.8 Å². The molecule has 0 atom stereocenters. The van der Waals surface area contributed by atoms with E-state index in [1.54, 1.807) is 6.20 Å². The summed E-state index contributed by atoms with van der Waals surface area (Å²) in [5.74, 6) is 1.91. The highest BCUT2D eigenvalue weighted by atomic mass is 15.3. The first-order valence-corrected chi connectivity index (χ1v) is 10.5. The van der Waals surface area contributed by atoms with Crippen LogP contribution in [0.2, 0.25) is 0 Å². The fraction of sp³-hybridized carbons (Fsp3) is 0.208. The van der Waals surface area contributed by atoms with Crippen LogP contribution in [0.4, 0.5) is 23.0 Å². The van der Waals surface area contributed by atoms with Gasteiger partial charge in [0.1, 0.15) is 5.82 Å². The van der Waals surface area contributed by atoms with Crippen molar-refractivity contribution in [3.05, 3.63) is 78.1 Å². The van der Waals surface area contributed by atoms with E-state index in [4.69, 9.17) is 11.5 Å². The molecule has 1 fully saturated rings. The largest absolute Gasteiger partial charge is 0.399 e. The highest BCUT2D eigenvalue weighted by Crippen LogP contribution is 2.28. The fourth-order valence-corrected chi connectivity index (χ4v) is 4.07. The number of fused-ring (bicyclic) bond motifs is 1. The molecule has 0 spiro atoms. The molecule has 4 aromatic rings. The van der Waals surface area contributed by atoms with Crippen LogP contribution in [0.15, 0.2) is 66.9 Å². The molecule has 7 heteroatoms. The van der Waals surface area contributed by atoms with Crippen LogP contribution in [-0.4, -0.2) is 41.4 Å². The summed E-state index contributed by atoms with van der Waals surface area (Å²) in [7, 11) is 0. The van der Waals surface area contributed by atoms with Crippen molar-refractivity contribution in [1.29, 1.82) is 0 Å². The second-order valence-corrected chi connectivity index (χ2v) is 7.86. The number of rotatable bonds is 4.